The molecule has 0 aliphatic heterocycles. The zero-order valence-electron chi connectivity index (χ0n) is 9.94. The zero-order valence-corrected chi connectivity index (χ0v) is 11.5. The van der Waals surface area contributed by atoms with Gasteiger partial charge >= 0.3 is 5.97 Å². The maximum atomic E-state index is 11.6. The van der Waals surface area contributed by atoms with E-state index in [-0.39, 0.29) is 5.56 Å². The molecule has 0 fully saturated rings. The number of carboxylic acids is 1. The number of carboxylic acid groups (broad SMARTS) is 1. The van der Waals surface area contributed by atoms with Crippen LogP contribution in [0.3, 0.4) is 0 Å². The highest BCUT2D eigenvalue weighted by atomic mass is 79.9. The van der Waals surface area contributed by atoms with Gasteiger partial charge in [-0.05, 0) is 39.7 Å². The summed E-state index contributed by atoms with van der Waals surface area (Å²) in [7, 11) is 1.54. The minimum absolute atomic E-state index is 0.278. The number of benzene rings is 1. The van der Waals surface area contributed by atoms with Gasteiger partial charge in [-0.15, -0.1) is 0 Å². The van der Waals surface area contributed by atoms with Gasteiger partial charge in [-0.3, -0.25) is 4.79 Å². The molecule has 19 heavy (non-hydrogen) atoms. The molecule has 2 aromatic rings. The molecule has 0 aliphatic carbocycles. The molecule has 0 radical (unpaired) electrons. The Hall–Kier alpha value is -2.08. The number of hydrogen-bond acceptors (Lipinski definition) is 3. The van der Waals surface area contributed by atoms with Gasteiger partial charge in [0, 0.05) is 11.8 Å². The summed E-state index contributed by atoms with van der Waals surface area (Å²) in [4.78, 5) is 25.1. The lowest BCUT2D eigenvalue weighted by Crippen LogP contribution is -2.18. The molecule has 98 valence electrons. The van der Waals surface area contributed by atoms with E-state index in [1.54, 1.807) is 24.3 Å². The number of halogens is 1. The average molecular weight is 324 g/mol. The second kappa shape index (κ2) is 5.27. The Morgan fingerprint density at radius 3 is 2.68 bits per heavy atom. The number of methoxy groups -OCH3 is 1. The summed E-state index contributed by atoms with van der Waals surface area (Å²) in [6.07, 6.45) is 1.42. The summed E-state index contributed by atoms with van der Waals surface area (Å²) in [6, 6.07) is 6.66. The second-order valence-electron chi connectivity index (χ2n) is 3.75. The molecule has 1 aromatic heterocycles. The third-order valence-corrected chi connectivity index (χ3v) is 3.26. The van der Waals surface area contributed by atoms with Crippen molar-refractivity contribution in [3.8, 4) is 16.9 Å². The lowest BCUT2D eigenvalue weighted by molar-refractivity contribution is 0.0696. The number of ether oxygens (including phenoxy) is 1. The van der Waals surface area contributed by atoms with Crippen LogP contribution in [0.25, 0.3) is 11.1 Å². The van der Waals surface area contributed by atoms with E-state index in [9.17, 15) is 9.59 Å². The first-order valence-corrected chi connectivity index (χ1v) is 6.12. The molecule has 1 aromatic carbocycles. The van der Waals surface area contributed by atoms with Crippen LogP contribution >= 0.6 is 15.9 Å². The maximum absolute atomic E-state index is 11.6. The lowest BCUT2D eigenvalue weighted by Gasteiger charge is -2.08. The van der Waals surface area contributed by atoms with Crippen LogP contribution in [0, 0.1) is 0 Å². The van der Waals surface area contributed by atoms with Crippen molar-refractivity contribution >= 4 is 21.9 Å². The Labute approximate surface area is 117 Å². The largest absolute Gasteiger partial charge is 0.496 e. The van der Waals surface area contributed by atoms with Gasteiger partial charge in [-0.1, -0.05) is 6.07 Å². The molecule has 0 saturated carbocycles. The van der Waals surface area contributed by atoms with Crippen molar-refractivity contribution in [2.24, 2.45) is 0 Å². The Morgan fingerprint density at radius 2 is 2.11 bits per heavy atom. The molecule has 0 bridgehead atoms. The smallest absolute Gasteiger partial charge is 0.341 e. The molecule has 1 heterocycles. The minimum atomic E-state index is -1.26. The highest BCUT2D eigenvalue weighted by Gasteiger charge is 2.16. The molecular weight excluding hydrogens is 314 g/mol. The molecule has 6 heteroatoms. The number of hydrogen-bond donors (Lipinski definition) is 2. The van der Waals surface area contributed by atoms with Crippen molar-refractivity contribution in [3.63, 3.8) is 0 Å². The fourth-order valence-electron chi connectivity index (χ4n) is 1.77. The molecule has 5 nitrogen and oxygen atoms in total. The predicted octanol–water partition coefficient (Wildman–Crippen LogP) is 2.51. The van der Waals surface area contributed by atoms with E-state index in [1.165, 1.54) is 13.3 Å². The van der Waals surface area contributed by atoms with E-state index >= 15 is 0 Å². The number of carbonyl (C=O) groups is 1. The van der Waals surface area contributed by atoms with E-state index in [1.807, 2.05) is 0 Å². The summed E-state index contributed by atoms with van der Waals surface area (Å²) in [5.41, 5.74) is 0.0762. The van der Waals surface area contributed by atoms with Gasteiger partial charge in [0.25, 0.3) is 5.56 Å². The summed E-state index contributed by atoms with van der Waals surface area (Å²) in [5, 5.41) is 9.12. The van der Waals surface area contributed by atoms with Crippen LogP contribution in [0.4, 0.5) is 0 Å². The van der Waals surface area contributed by atoms with Crippen LogP contribution in [0.2, 0.25) is 0 Å². The third kappa shape index (κ3) is 2.53. The summed E-state index contributed by atoms with van der Waals surface area (Å²) in [5.74, 6) is -0.630. The standard InChI is InChI=1S/C13H10BrNO4/c1-19-10-3-2-7(6-9(10)14)8-4-5-15-12(16)11(8)13(17)18/h2-6H,1H3,(H,15,16)(H,17,18). The van der Waals surface area contributed by atoms with E-state index in [2.05, 4.69) is 20.9 Å². The quantitative estimate of drug-likeness (QED) is 0.909. The molecule has 0 amide bonds. The van der Waals surface area contributed by atoms with Crippen molar-refractivity contribution < 1.29 is 14.6 Å². The van der Waals surface area contributed by atoms with Crippen molar-refractivity contribution in [2.45, 2.75) is 0 Å². The first-order chi connectivity index (χ1) is 9.04. The van der Waals surface area contributed by atoms with E-state index in [0.29, 0.717) is 21.3 Å². The second-order valence-corrected chi connectivity index (χ2v) is 4.60. The Morgan fingerprint density at radius 1 is 1.37 bits per heavy atom. The molecule has 2 rings (SSSR count). The van der Waals surface area contributed by atoms with E-state index < -0.39 is 11.5 Å². The number of aromatic amines is 1. The molecule has 0 atom stereocenters. The number of aromatic nitrogens is 1. The minimum Gasteiger partial charge on any atom is -0.496 e. The van der Waals surface area contributed by atoms with Crippen LogP contribution in [0.15, 0.2) is 39.7 Å². The topological polar surface area (TPSA) is 79.4 Å². The third-order valence-electron chi connectivity index (χ3n) is 2.64. The lowest BCUT2D eigenvalue weighted by atomic mass is 10.0. The summed E-state index contributed by atoms with van der Waals surface area (Å²) >= 11 is 3.33. The highest BCUT2D eigenvalue weighted by Crippen LogP contribution is 2.31. The van der Waals surface area contributed by atoms with E-state index in [4.69, 9.17) is 9.84 Å². The van der Waals surface area contributed by atoms with Crippen molar-refractivity contribution in [1.29, 1.82) is 0 Å². The first kappa shape index (κ1) is 13.4. The summed E-state index contributed by atoms with van der Waals surface area (Å²) < 4.78 is 5.79. The van der Waals surface area contributed by atoms with Crippen LogP contribution in [-0.4, -0.2) is 23.2 Å². The highest BCUT2D eigenvalue weighted by molar-refractivity contribution is 9.10. The van der Waals surface area contributed by atoms with Crippen molar-refractivity contribution in [1.82, 2.24) is 4.98 Å². The van der Waals surface area contributed by atoms with Gasteiger partial charge in [-0.2, -0.15) is 0 Å². The van der Waals surface area contributed by atoms with Gasteiger partial charge in [0.1, 0.15) is 11.3 Å². The molecule has 0 aliphatic rings. The number of aromatic carboxylic acids is 1. The van der Waals surface area contributed by atoms with Crippen molar-refractivity contribution in [3.05, 3.63) is 50.9 Å². The molecular formula is C13H10BrNO4. The van der Waals surface area contributed by atoms with Crippen LogP contribution in [0.5, 0.6) is 5.75 Å². The maximum Gasteiger partial charge on any atom is 0.341 e. The van der Waals surface area contributed by atoms with E-state index in [0.717, 1.165) is 0 Å². The monoisotopic (exact) mass is 323 g/mol. The number of rotatable bonds is 3. The van der Waals surface area contributed by atoms with Crippen molar-refractivity contribution in [2.75, 3.05) is 7.11 Å². The molecule has 0 saturated heterocycles. The van der Waals surface area contributed by atoms with Gasteiger partial charge in [0.05, 0.1) is 11.6 Å². The Kier molecular flexibility index (Phi) is 3.71. The summed E-state index contributed by atoms with van der Waals surface area (Å²) in [6.45, 7) is 0. The SMILES string of the molecule is COc1ccc(-c2cc[nH]c(=O)c2C(=O)O)cc1Br. The van der Waals surface area contributed by atoms with Crippen LogP contribution in [-0.2, 0) is 0 Å². The average Bonchev–Trinajstić information content (AvgIpc) is 2.37. The van der Waals surface area contributed by atoms with Gasteiger partial charge < -0.3 is 14.8 Å². The predicted molar refractivity (Wildman–Crippen MR) is 73.7 cm³/mol. The number of H-pyrrole nitrogens is 1. The van der Waals surface area contributed by atoms with Gasteiger partial charge in [-0.25, -0.2) is 4.79 Å². The van der Waals surface area contributed by atoms with Gasteiger partial charge in [0.2, 0.25) is 0 Å². The fourth-order valence-corrected chi connectivity index (χ4v) is 2.31. The Bertz CT molecular complexity index is 693. The number of nitrogens with one attached hydrogen (secondary N) is 1. The first-order valence-electron chi connectivity index (χ1n) is 5.33. The molecule has 2 N–H and O–H groups in total. The molecule has 0 spiro atoms. The molecule has 0 unspecified atom stereocenters. The van der Waals surface area contributed by atoms with Crippen LogP contribution in [0.1, 0.15) is 10.4 Å². The zero-order chi connectivity index (χ0) is 14.0. The Balaban J connectivity index is 2.66. The fraction of sp³-hybridized carbons (Fsp3) is 0.0769. The normalized spacial score (nSPS) is 10.2. The van der Waals surface area contributed by atoms with Crippen LogP contribution < -0.4 is 10.3 Å². The number of pyridine rings is 1. The van der Waals surface area contributed by atoms with Gasteiger partial charge in [0.15, 0.2) is 0 Å².